The van der Waals surface area contributed by atoms with Crippen LogP contribution in [0.2, 0.25) is 0 Å². The van der Waals surface area contributed by atoms with Gasteiger partial charge in [-0.25, -0.2) is 9.97 Å². The molecule has 0 aliphatic carbocycles. The second-order valence-electron chi connectivity index (χ2n) is 10.1. The van der Waals surface area contributed by atoms with Gasteiger partial charge in [0.15, 0.2) is 5.69 Å². The Kier molecular flexibility index (Phi) is 7.59. The van der Waals surface area contributed by atoms with Gasteiger partial charge in [0.05, 0.1) is 13.7 Å². The zero-order valence-electron chi connectivity index (χ0n) is 22.5. The summed E-state index contributed by atoms with van der Waals surface area (Å²) < 4.78 is 51.3. The number of piperidine rings is 1. The van der Waals surface area contributed by atoms with Crippen molar-refractivity contribution in [1.82, 2.24) is 9.97 Å². The number of hydrogen-bond acceptors (Lipinski definition) is 7. The Labute approximate surface area is 230 Å². The molecule has 0 unspecified atom stereocenters. The average Bonchev–Trinajstić information content (AvgIpc) is 3.26. The highest BCUT2D eigenvalue weighted by atomic mass is 19.4. The topological polar surface area (TPSA) is 93.8 Å². The second-order valence-corrected chi connectivity index (χ2v) is 10.1. The quantitative estimate of drug-likeness (QED) is 0.448. The summed E-state index contributed by atoms with van der Waals surface area (Å²) >= 11 is 0. The van der Waals surface area contributed by atoms with Gasteiger partial charge in [0.25, 0.3) is 0 Å². The van der Waals surface area contributed by atoms with Crippen molar-refractivity contribution < 1.29 is 27.4 Å². The molecular weight excluding hydrogens is 523 g/mol. The summed E-state index contributed by atoms with van der Waals surface area (Å²) in [6, 6.07) is 12.3. The Bertz CT molecular complexity index is 1390. The summed E-state index contributed by atoms with van der Waals surface area (Å²) in [7, 11) is 1.34. The number of benzene rings is 1. The predicted molar refractivity (Wildman–Crippen MR) is 146 cm³/mol. The number of nitrogens with zero attached hydrogens (tertiary/aromatic N) is 4. The zero-order valence-corrected chi connectivity index (χ0v) is 22.5. The van der Waals surface area contributed by atoms with Gasteiger partial charge in [0, 0.05) is 67.6 Å². The van der Waals surface area contributed by atoms with E-state index in [0.29, 0.717) is 45.0 Å². The number of ether oxygens (including phenoxy) is 2. The van der Waals surface area contributed by atoms with E-state index in [4.69, 9.17) is 15.2 Å². The van der Waals surface area contributed by atoms with Gasteiger partial charge in [0.2, 0.25) is 11.8 Å². The minimum Gasteiger partial charge on any atom is -0.497 e. The fraction of sp³-hybridized carbons (Fsp3) is 0.414. The van der Waals surface area contributed by atoms with E-state index < -0.39 is 11.9 Å². The van der Waals surface area contributed by atoms with Gasteiger partial charge in [-0.3, -0.25) is 4.79 Å². The monoisotopic (exact) mass is 555 g/mol. The number of carbonyl (C=O) groups excluding carboxylic acids is 1. The molecule has 1 aromatic carbocycles. The summed E-state index contributed by atoms with van der Waals surface area (Å²) in [5, 5.41) is 0. The van der Waals surface area contributed by atoms with Crippen LogP contribution in [0.1, 0.15) is 37.4 Å². The SMILES string of the molecule is CCOc1ncccc1-c1ccc2c(c1)N(C(=O)CCN)CC21CCN(c2cc(OC)cc(C(F)(F)F)n2)CC1. The number of carbonyl (C=O) groups is 1. The molecule has 11 heteroatoms. The molecule has 212 valence electrons. The summed E-state index contributed by atoms with van der Waals surface area (Å²) in [6.45, 7) is 4.07. The number of hydrogen-bond donors (Lipinski definition) is 1. The molecule has 2 aliphatic heterocycles. The van der Waals surface area contributed by atoms with Crippen LogP contribution in [-0.2, 0) is 16.4 Å². The molecule has 5 rings (SSSR count). The van der Waals surface area contributed by atoms with E-state index in [1.807, 2.05) is 41.0 Å². The summed E-state index contributed by atoms with van der Waals surface area (Å²) in [5.74, 6) is 0.804. The van der Waals surface area contributed by atoms with Crippen LogP contribution in [0.3, 0.4) is 0 Å². The minimum atomic E-state index is -4.58. The highest BCUT2D eigenvalue weighted by Crippen LogP contribution is 2.49. The molecule has 0 radical (unpaired) electrons. The lowest BCUT2D eigenvalue weighted by atomic mass is 9.74. The molecule has 1 spiro atoms. The molecule has 0 saturated carbocycles. The van der Waals surface area contributed by atoms with E-state index in [9.17, 15) is 18.0 Å². The van der Waals surface area contributed by atoms with Crippen LogP contribution in [0, 0.1) is 0 Å². The van der Waals surface area contributed by atoms with Gasteiger partial charge in [-0.15, -0.1) is 0 Å². The number of fused-ring (bicyclic) bond motifs is 2. The van der Waals surface area contributed by atoms with Crippen molar-refractivity contribution in [1.29, 1.82) is 0 Å². The first-order valence-electron chi connectivity index (χ1n) is 13.3. The molecule has 1 amide bonds. The highest BCUT2D eigenvalue weighted by molar-refractivity contribution is 5.97. The van der Waals surface area contributed by atoms with E-state index in [2.05, 4.69) is 16.0 Å². The number of aromatic nitrogens is 2. The number of pyridine rings is 2. The number of methoxy groups -OCH3 is 1. The van der Waals surface area contributed by atoms with Crippen molar-refractivity contribution in [3.63, 3.8) is 0 Å². The van der Waals surface area contributed by atoms with E-state index >= 15 is 0 Å². The third kappa shape index (κ3) is 5.17. The van der Waals surface area contributed by atoms with Crippen molar-refractivity contribution >= 4 is 17.4 Å². The molecule has 1 fully saturated rings. The van der Waals surface area contributed by atoms with Gasteiger partial charge in [-0.1, -0.05) is 12.1 Å². The molecular formula is C29H32F3N5O3. The number of nitrogens with two attached hydrogens (primary N) is 1. The molecule has 2 N–H and O–H groups in total. The number of amides is 1. The first kappa shape index (κ1) is 27.7. The van der Waals surface area contributed by atoms with Gasteiger partial charge in [-0.2, -0.15) is 13.2 Å². The maximum atomic E-state index is 13.5. The van der Waals surface area contributed by atoms with Gasteiger partial charge in [0.1, 0.15) is 11.6 Å². The molecule has 1 saturated heterocycles. The van der Waals surface area contributed by atoms with Crippen LogP contribution in [-0.4, -0.2) is 55.8 Å². The van der Waals surface area contributed by atoms with Crippen LogP contribution in [0.25, 0.3) is 11.1 Å². The summed E-state index contributed by atoms with van der Waals surface area (Å²) in [5.41, 5.74) is 8.01. The van der Waals surface area contributed by atoms with Crippen LogP contribution in [0.4, 0.5) is 24.7 Å². The molecule has 0 atom stereocenters. The lowest BCUT2D eigenvalue weighted by Crippen LogP contribution is -2.46. The Morgan fingerprint density at radius 2 is 1.93 bits per heavy atom. The van der Waals surface area contributed by atoms with E-state index in [0.717, 1.165) is 28.4 Å². The van der Waals surface area contributed by atoms with Crippen molar-refractivity contribution in [2.75, 3.05) is 49.7 Å². The Morgan fingerprint density at radius 3 is 2.60 bits per heavy atom. The van der Waals surface area contributed by atoms with Crippen LogP contribution in [0.5, 0.6) is 11.6 Å². The molecule has 8 nitrogen and oxygen atoms in total. The second kappa shape index (κ2) is 11.0. The number of halogens is 3. The average molecular weight is 556 g/mol. The lowest BCUT2D eigenvalue weighted by Gasteiger charge is -2.40. The molecule has 3 aromatic rings. The fourth-order valence-corrected chi connectivity index (χ4v) is 5.70. The van der Waals surface area contributed by atoms with Crippen molar-refractivity contribution in [3.05, 3.63) is 59.9 Å². The zero-order chi connectivity index (χ0) is 28.5. The molecule has 0 bridgehead atoms. The predicted octanol–water partition coefficient (Wildman–Crippen LogP) is 4.80. The number of anilines is 2. The summed E-state index contributed by atoms with van der Waals surface area (Å²) in [4.78, 5) is 25.1. The molecule has 2 aliphatic rings. The van der Waals surface area contributed by atoms with E-state index in [1.165, 1.54) is 13.2 Å². The molecule has 4 heterocycles. The molecule has 2 aromatic heterocycles. The van der Waals surface area contributed by atoms with Crippen molar-refractivity contribution in [3.8, 4) is 22.8 Å². The van der Waals surface area contributed by atoms with Gasteiger partial charge < -0.3 is 25.0 Å². The van der Waals surface area contributed by atoms with Gasteiger partial charge in [-0.05, 0) is 49.1 Å². The fourth-order valence-electron chi connectivity index (χ4n) is 5.70. The Morgan fingerprint density at radius 1 is 1.15 bits per heavy atom. The maximum Gasteiger partial charge on any atom is 0.433 e. The highest BCUT2D eigenvalue weighted by Gasteiger charge is 2.46. The third-order valence-electron chi connectivity index (χ3n) is 7.70. The molecule has 40 heavy (non-hydrogen) atoms. The summed E-state index contributed by atoms with van der Waals surface area (Å²) in [6.07, 6.45) is -1.40. The Hall–Kier alpha value is -3.86. The van der Waals surface area contributed by atoms with Crippen molar-refractivity contribution in [2.24, 2.45) is 5.73 Å². The minimum absolute atomic E-state index is 0.0549. The van der Waals surface area contributed by atoms with Crippen LogP contribution >= 0.6 is 0 Å². The normalized spacial score (nSPS) is 16.2. The van der Waals surface area contributed by atoms with E-state index in [-0.39, 0.29) is 35.9 Å². The smallest absolute Gasteiger partial charge is 0.433 e. The van der Waals surface area contributed by atoms with Crippen molar-refractivity contribution in [2.45, 2.75) is 37.8 Å². The largest absolute Gasteiger partial charge is 0.497 e. The van der Waals surface area contributed by atoms with Crippen LogP contribution in [0.15, 0.2) is 48.7 Å². The number of alkyl halides is 3. The Balaban J connectivity index is 1.47. The van der Waals surface area contributed by atoms with Crippen LogP contribution < -0.4 is 25.0 Å². The first-order chi connectivity index (χ1) is 19.2. The van der Waals surface area contributed by atoms with E-state index in [1.54, 1.807) is 6.20 Å². The van der Waals surface area contributed by atoms with Gasteiger partial charge >= 0.3 is 6.18 Å². The lowest BCUT2D eigenvalue weighted by molar-refractivity contribution is -0.141. The maximum absolute atomic E-state index is 13.5. The standard InChI is InChI=1S/C29H32F3N5O3/c1-3-40-27-21(5-4-12-34-27)19-6-7-22-23(15-19)37(26(38)8-11-33)18-28(22)9-13-36(14-10-28)25-17-20(39-2)16-24(35-25)29(30,31)32/h4-7,12,15-17H,3,8-11,13-14,18,33H2,1-2H3. The first-order valence-corrected chi connectivity index (χ1v) is 13.3. The number of rotatable bonds is 7. The third-order valence-corrected chi connectivity index (χ3v) is 7.70.